The summed E-state index contributed by atoms with van der Waals surface area (Å²) in [6.45, 7) is 5.33. The average Bonchev–Trinajstić information content (AvgIpc) is 3.21. The molecule has 0 radical (unpaired) electrons. The van der Waals surface area contributed by atoms with Gasteiger partial charge in [-0.2, -0.15) is 0 Å². The number of carboxylic acids is 1. The van der Waals surface area contributed by atoms with Crippen molar-refractivity contribution in [3.63, 3.8) is 0 Å². The summed E-state index contributed by atoms with van der Waals surface area (Å²) in [7, 11) is 0. The zero-order valence-electron chi connectivity index (χ0n) is 37.5. The Bertz CT molecular complexity index is 1370. The lowest BCUT2D eigenvalue weighted by molar-refractivity contribution is -0.266. The normalized spacial score (nSPS) is 20.6. The van der Waals surface area contributed by atoms with E-state index in [9.17, 15) is 54.0 Å². The van der Waals surface area contributed by atoms with Gasteiger partial charge in [-0.05, 0) is 46.0 Å². The Morgan fingerprint density at radius 2 is 1.31 bits per heavy atom. The van der Waals surface area contributed by atoms with Gasteiger partial charge in [-0.1, -0.05) is 96.8 Å². The third-order valence-corrected chi connectivity index (χ3v) is 11.0. The number of amides is 6. The number of rotatable bonds is 34. The van der Waals surface area contributed by atoms with Crippen molar-refractivity contribution in [2.24, 2.45) is 11.5 Å². The Kier molecular flexibility index (Phi) is 29.0. The van der Waals surface area contributed by atoms with Crippen LogP contribution in [0.2, 0.25) is 0 Å². The van der Waals surface area contributed by atoms with Gasteiger partial charge in [-0.25, -0.2) is 4.79 Å². The number of ether oxygens (including phenoxy) is 2. The van der Waals surface area contributed by atoms with Crippen LogP contribution in [0.4, 0.5) is 0 Å². The van der Waals surface area contributed by atoms with E-state index >= 15 is 0 Å². The summed E-state index contributed by atoms with van der Waals surface area (Å²) in [5, 5.41) is 48.2. The van der Waals surface area contributed by atoms with Gasteiger partial charge in [0.05, 0.1) is 12.6 Å². The highest BCUT2D eigenvalue weighted by Crippen LogP contribution is 2.25. The van der Waals surface area contributed by atoms with Crippen LogP contribution in [0.1, 0.15) is 163 Å². The molecule has 19 heteroatoms. The van der Waals surface area contributed by atoms with Crippen molar-refractivity contribution in [1.29, 1.82) is 0 Å². The third-order valence-electron chi connectivity index (χ3n) is 11.0. The SMILES string of the molecule is CCCCCCCCCCCCCCCCCC(=O)NCCCC[C@H](NC(=O)CC[C@H](C(N)=O)N(C(=O)C(C)O[C@H]1[C@H](O)[C@@H](CO)O[C@H](O)[C@@H]1NC(C)=O)C(=O)[C@H](C)N)C(=O)O. The van der Waals surface area contributed by atoms with E-state index in [2.05, 4.69) is 22.9 Å². The van der Waals surface area contributed by atoms with E-state index in [1.165, 1.54) is 84.0 Å². The van der Waals surface area contributed by atoms with Crippen molar-refractivity contribution in [3.05, 3.63) is 0 Å². The number of carbonyl (C=O) groups excluding carboxylic acids is 6. The molecule has 6 amide bonds. The molecule has 1 aliphatic heterocycles. The number of imide groups is 1. The van der Waals surface area contributed by atoms with E-state index in [4.69, 9.17) is 20.9 Å². The van der Waals surface area contributed by atoms with Crippen LogP contribution < -0.4 is 27.4 Å². The molecule has 0 aromatic rings. The summed E-state index contributed by atoms with van der Waals surface area (Å²) in [5.74, 6) is -6.27. The highest BCUT2D eigenvalue weighted by atomic mass is 16.6. The van der Waals surface area contributed by atoms with Crippen LogP contribution in [-0.4, -0.2) is 135 Å². The minimum absolute atomic E-state index is 0.0429. The quantitative estimate of drug-likeness (QED) is 0.0417. The van der Waals surface area contributed by atoms with Crippen LogP contribution >= 0.6 is 0 Å². The fourth-order valence-electron chi connectivity index (χ4n) is 7.40. The highest BCUT2D eigenvalue weighted by Gasteiger charge is 2.48. The number of hydrogen-bond donors (Lipinski definition) is 9. The number of hydrogen-bond acceptors (Lipinski definition) is 13. The Labute approximate surface area is 367 Å². The summed E-state index contributed by atoms with van der Waals surface area (Å²) in [6.07, 6.45) is 10.8. The summed E-state index contributed by atoms with van der Waals surface area (Å²) in [5.41, 5.74) is 11.4. The van der Waals surface area contributed by atoms with E-state index in [0.29, 0.717) is 30.7 Å². The molecule has 1 saturated heterocycles. The summed E-state index contributed by atoms with van der Waals surface area (Å²) in [6, 6.07) is -5.83. The van der Waals surface area contributed by atoms with Gasteiger partial charge in [0.1, 0.15) is 42.5 Å². The van der Waals surface area contributed by atoms with Gasteiger partial charge >= 0.3 is 5.97 Å². The van der Waals surface area contributed by atoms with Gasteiger partial charge < -0.3 is 57.3 Å². The number of nitrogens with zero attached hydrogens (tertiary/aromatic N) is 1. The first-order valence-corrected chi connectivity index (χ1v) is 22.7. The molecule has 11 N–H and O–H groups in total. The van der Waals surface area contributed by atoms with Crippen LogP contribution in [0.5, 0.6) is 0 Å². The van der Waals surface area contributed by atoms with E-state index in [0.717, 1.165) is 33.1 Å². The predicted molar refractivity (Wildman–Crippen MR) is 230 cm³/mol. The molecule has 1 rings (SSSR count). The Balaban J connectivity index is 2.59. The number of carbonyl (C=O) groups is 7. The first kappa shape index (κ1) is 56.3. The van der Waals surface area contributed by atoms with Crippen LogP contribution in [0.15, 0.2) is 0 Å². The van der Waals surface area contributed by atoms with Crippen molar-refractivity contribution in [1.82, 2.24) is 20.9 Å². The second-order valence-corrected chi connectivity index (χ2v) is 16.5. The smallest absolute Gasteiger partial charge is 0.326 e. The lowest BCUT2D eigenvalue weighted by Crippen LogP contribution is -2.66. The number of carboxylic acid groups (broad SMARTS) is 1. The molecule has 0 aromatic heterocycles. The Morgan fingerprint density at radius 3 is 1.79 bits per heavy atom. The molecule has 0 spiro atoms. The second-order valence-electron chi connectivity index (χ2n) is 16.5. The zero-order chi connectivity index (χ0) is 46.6. The number of nitrogens with two attached hydrogens (primary N) is 2. The van der Waals surface area contributed by atoms with Crippen LogP contribution in [-0.2, 0) is 43.0 Å². The zero-order valence-corrected chi connectivity index (χ0v) is 37.5. The summed E-state index contributed by atoms with van der Waals surface area (Å²) in [4.78, 5) is 89.2. The number of unbranched alkanes of at least 4 members (excludes halogenated alkanes) is 15. The van der Waals surface area contributed by atoms with Gasteiger partial charge in [0.2, 0.25) is 29.5 Å². The predicted octanol–water partition coefficient (Wildman–Crippen LogP) is 1.79. The van der Waals surface area contributed by atoms with Gasteiger partial charge in [0.15, 0.2) is 6.29 Å². The van der Waals surface area contributed by atoms with E-state index < -0.39 is 110 Å². The van der Waals surface area contributed by atoms with Crippen LogP contribution in [0, 0.1) is 0 Å². The first-order chi connectivity index (χ1) is 29.5. The molecular weight excluding hydrogens is 809 g/mol. The number of primary amides is 1. The summed E-state index contributed by atoms with van der Waals surface area (Å²) >= 11 is 0. The molecule has 0 saturated carbocycles. The van der Waals surface area contributed by atoms with Crippen molar-refractivity contribution in [2.45, 2.75) is 217 Å². The Hall–Kier alpha value is -3.75. The number of nitrogens with one attached hydrogen (secondary N) is 3. The molecule has 1 fully saturated rings. The monoisotopic (exact) mass is 887 g/mol. The van der Waals surface area contributed by atoms with E-state index in [-0.39, 0.29) is 12.3 Å². The van der Waals surface area contributed by atoms with Gasteiger partial charge in [0.25, 0.3) is 5.91 Å². The highest BCUT2D eigenvalue weighted by molar-refractivity contribution is 6.03. The average molecular weight is 887 g/mol. The van der Waals surface area contributed by atoms with Crippen LogP contribution in [0.25, 0.3) is 0 Å². The number of aliphatic carboxylic acids is 1. The standard InChI is InChI=1S/C43H78N6O13/c1-5-6-7-8-9-10-11-12-13-14-15-16-17-18-19-23-34(52)46-26-21-20-22-31(42(58)59)48-35(53)25-24-32(39(45)55)49(40(56)28(2)44)41(57)29(3)61-38-36(47-30(4)51)43(60)62-33(27-50)37(38)54/h28-29,31-33,36-38,43,50,54,60H,5-27,44H2,1-4H3,(H2,45,55)(H,46,52)(H,47,51)(H,48,53)(H,58,59)/t28-,29?,31-,32+,33+,36+,37+,38+,43-/m0/s1. The minimum atomic E-state index is -1.78. The lowest BCUT2D eigenvalue weighted by Gasteiger charge is -2.43. The molecule has 0 bridgehead atoms. The third kappa shape index (κ3) is 22.0. The van der Waals surface area contributed by atoms with Gasteiger partial charge in [-0.3, -0.25) is 33.7 Å². The molecule has 1 heterocycles. The molecule has 19 nitrogen and oxygen atoms in total. The maximum Gasteiger partial charge on any atom is 0.326 e. The van der Waals surface area contributed by atoms with E-state index in [1.54, 1.807) is 0 Å². The van der Waals surface area contributed by atoms with E-state index in [1.807, 2.05) is 0 Å². The molecule has 358 valence electrons. The molecular formula is C43H78N6O13. The van der Waals surface area contributed by atoms with Gasteiger partial charge in [0, 0.05) is 26.3 Å². The van der Waals surface area contributed by atoms with Crippen molar-refractivity contribution >= 4 is 41.4 Å². The second kappa shape index (κ2) is 32.0. The van der Waals surface area contributed by atoms with Gasteiger partial charge in [-0.15, -0.1) is 0 Å². The molecule has 62 heavy (non-hydrogen) atoms. The lowest BCUT2D eigenvalue weighted by atomic mass is 9.96. The summed E-state index contributed by atoms with van der Waals surface area (Å²) < 4.78 is 10.9. The van der Waals surface area contributed by atoms with Crippen molar-refractivity contribution in [3.8, 4) is 0 Å². The first-order valence-electron chi connectivity index (χ1n) is 22.7. The minimum Gasteiger partial charge on any atom is -0.480 e. The molecule has 0 aliphatic carbocycles. The fraction of sp³-hybridized carbons (Fsp3) is 0.837. The molecule has 1 aliphatic rings. The topological polar surface area (TPSA) is 310 Å². The number of aliphatic hydroxyl groups is 3. The molecule has 9 atom stereocenters. The Morgan fingerprint density at radius 1 is 0.758 bits per heavy atom. The maximum atomic E-state index is 13.8. The maximum absolute atomic E-state index is 13.8. The van der Waals surface area contributed by atoms with Crippen LogP contribution in [0.3, 0.4) is 0 Å². The largest absolute Gasteiger partial charge is 0.480 e. The van der Waals surface area contributed by atoms with Crippen molar-refractivity contribution in [2.75, 3.05) is 13.2 Å². The van der Waals surface area contributed by atoms with Crippen molar-refractivity contribution < 1.29 is 63.5 Å². The molecule has 1 unspecified atom stereocenters. The fourth-order valence-corrected chi connectivity index (χ4v) is 7.40. The molecule has 0 aromatic carbocycles. The number of aliphatic hydroxyl groups excluding tert-OH is 3.